The minimum absolute atomic E-state index is 0.149. The molecule has 7 heteroatoms. The summed E-state index contributed by atoms with van der Waals surface area (Å²) >= 11 is 4.10. The van der Waals surface area contributed by atoms with Gasteiger partial charge < -0.3 is 14.7 Å². The van der Waals surface area contributed by atoms with E-state index in [1.807, 2.05) is 30.3 Å². The summed E-state index contributed by atoms with van der Waals surface area (Å²) in [5.74, 6) is -0.682. The van der Waals surface area contributed by atoms with E-state index in [0.29, 0.717) is 10.6 Å². The van der Waals surface area contributed by atoms with Gasteiger partial charge in [-0.1, -0.05) is 54.1 Å². The molecule has 0 amide bonds. The Kier molecular flexibility index (Phi) is 4.87. The van der Waals surface area contributed by atoms with E-state index >= 15 is 0 Å². The van der Waals surface area contributed by atoms with Gasteiger partial charge in [0, 0.05) is 10.6 Å². The highest BCUT2D eigenvalue weighted by Crippen LogP contribution is 2.32. The number of hydrogen-bond donors (Lipinski definition) is 1. The fourth-order valence-electron chi connectivity index (χ4n) is 2.25. The number of hydrogen-bond acceptors (Lipinski definition) is 5. The molecule has 1 aliphatic rings. The molecule has 0 aliphatic carbocycles. The molecule has 2 atom stereocenters. The molecule has 5 nitrogen and oxygen atoms in total. The molecule has 1 heterocycles. The van der Waals surface area contributed by atoms with Crippen molar-refractivity contribution in [1.82, 2.24) is 0 Å². The molecular weight excluding hydrogens is 350 g/mol. The number of ketones is 1. The SMILES string of the molecule is NC1=C(OS(=O)Cc2ccccc2)C(=O)C(c2ccc(Cl)cc2)O1. The maximum atomic E-state index is 12.4. The quantitative estimate of drug-likeness (QED) is 0.883. The maximum absolute atomic E-state index is 12.4. The lowest BCUT2D eigenvalue weighted by molar-refractivity contribution is -0.123. The van der Waals surface area contributed by atoms with Crippen LogP contribution in [0.25, 0.3) is 0 Å². The second-order valence-corrected chi connectivity index (χ2v) is 6.62. The first-order valence-electron chi connectivity index (χ1n) is 7.11. The van der Waals surface area contributed by atoms with Gasteiger partial charge in [-0.15, -0.1) is 0 Å². The van der Waals surface area contributed by atoms with Crippen LogP contribution in [0.1, 0.15) is 17.2 Å². The smallest absolute Gasteiger partial charge is 0.249 e. The van der Waals surface area contributed by atoms with Crippen LogP contribution >= 0.6 is 11.6 Å². The Balaban J connectivity index is 1.69. The van der Waals surface area contributed by atoms with Gasteiger partial charge in [0.1, 0.15) is 0 Å². The van der Waals surface area contributed by atoms with E-state index < -0.39 is 23.0 Å². The summed E-state index contributed by atoms with van der Waals surface area (Å²) in [6.07, 6.45) is -0.911. The predicted molar refractivity (Wildman–Crippen MR) is 90.9 cm³/mol. The van der Waals surface area contributed by atoms with Crippen LogP contribution in [0.2, 0.25) is 5.02 Å². The van der Waals surface area contributed by atoms with Gasteiger partial charge in [-0.2, -0.15) is 0 Å². The largest absolute Gasteiger partial charge is 0.460 e. The summed E-state index contributed by atoms with van der Waals surface area (Å²) < 4.78 is 22.7. The molecule has 0 saturated carbocycles. The third-order valence-electron chi connectivity index (χ3n) is 3.41. The molecular formula is C17H14ClNO4S. The normalized spacial score (nSPS) is 18.4. The number of carbonyl (C=O) groups is 1. The van der Waals surface area contributed by atoms with Crippen molar-refractivity contribution in [3.63, 3.8) is 0 Å². The number of Topliss-reactive ketones (excluding diaryl/α,β-unsaturated/α-hetero) is 1. The van der Waals surface area contributed by atoms with E-state index in [1.165, 1.54) is 0 Å². The van der Waals surface area contributed by atoms with Crippen LogP contribution in [0.3, 0.4) is 0 Å². The fourth-order valence-corrected chi connectivity index (χ4v) is 3.25. The minimum atomic E-state index is -1.74. The summed E-state index contributed by atoms with van der Waals surface area (Å²) in [6.45, 7) is 0. The van der Waals surface area contributed by atoms with Gasteiger partial charge in [0.25, 0.3) is 0 Å². The van der Waals surface area contributed by atoms with Gasteiger partial charge in [0.15, 0.2) is 6.10 Å². The molecule has 0 fully saturated rings. The Morgan fingerprint density at radius 1 is 1.12 bits per heavy atom. The maximum Gasteiger partial charge on any atom is 0.249 e. The standard InChI is InChI=1S/C17H14ClNO4S/c18-13-8-6-12(7-9-13)15-14(20)16(17(19)22-15)23-24(21)10-11-4-2-1-3-5-11/h1-9,15H,10,19H2. The zero-order chi connectivity index (χ0) is 17.1. The number of rotatable bonds is 5. The Morgan fingerprint density at radius 3 is 2.46 bits per heavy atom. The molecule has 0 saturated heterocycles. The van der Waals surface area contributed by atoms with Gasteiger partial charge >= 0.3 is 0 Å². The first-order chi connectivity index (χ1) is 11.5. The van der Waals surface area contributed by atoms with Gasteiger partial charge in [0.05, 0.1) is 5.75 Å². The topological polar surface area (TPSA) is 78.6 Å². The first kappa shape index (κ1) is 16.5. The van der Waals surface area contributed by atoms with Crippen LogP contribution in [-0.2, 0) is 30.5 Å². The summed E-state index contributed by atoms with van der Waals surface area (Å²) in [5, 5.41) is 0.547. The van der Waals surface area contributed by atoms with Gasteiger partial charge in [-0.25, -0.2) is 4.21 Å². The van der Waals surface area contributed by atoms with Crippen molar-refractivity contribution in [3.05, 3.63) is 82.4 Å². The molecule has 0 radical (unpaired) electrons. The molecule has 24 heavy (non-hydrogen) atoms. The highest BCUT2D eigenvalue weighted by atomic mass is 35.5. The molecule has 3 rings (SSSR count). The van der Waals surface area contributed by atoms with Crippen molar-refractivity contribution in [1.29, 1.82) is 0 Å². The highest BCUT2D eigenvalue weighted by molar-refractivity contribution is 7.79. The molecule has 0 bridgehead atoms. The second-order valence-electron chi connectivity index (χ2n) is 5.12. The van der Waals surface area contributed by atoms with Gasteiger partial charge in [0.2, 0.25) is 28.5 Å². The lowest BCUT2D eigenvalue weighted by Crippen LogP contribution is -2.13. The Hall–Kier alpha value is -2.31. The monoisotopic (exact) mass is 363 g/mol. The lowest BCUT2D eigenvalue weighted by atomic mass is 10.1. The molecule has 1 aliphatic heterocycles. The van der Waals surface area contributed by atoms with Crippen LogP contribution < -0.4 is 5.73 Å². The van der Waals surface area contributed by atoms with Crippen molar-refractivity contribution in [3.8, 4) is 0 Å². The Morgan fingerprint density at radius 2 is 1.79 bits per heavy atom. The van der Waals surface area contributed by atoms with Crippen LogP contribution in [0.5, 0.6) is 0 Å². The zero-order valence-electron chi connectivity index (χ0n) is 12.5. The Labute approximate surface area is 146 Å². The van der Waals surface area contributed by atoms with Crippen molar-refractivity contribution >= 4 is 28.5 Å². The molecule has 124 valence electrons. The highest BCUT2D eigenvalue weighted by Gasteiger charge is 2.38. The molecule has 2 aromatic carbocycles. The first-order valence-corrected chi connectivity index (χ1v) is 8.73. The average Bonchev–Trinajstić information content (AvgIpc) is 2.85. The lowest BCUT2D eigenvalue weighted by Gasteiger charge is -2.09. The third kappa shape index (κ3) is 3.60. The molecule has 2 unspecified atom stereocenters. The van der Waals surface area contributed by atoms with E-state index in [9.17, 15) is 9.00 Å². The number of halogens is 1. The third-order valence-corrected chi connectivity index (χ3v) is 4.58. The molecule has 0 aromatic heterocycles. The number of ether oxygens (including phenoxy) is 1. The fraction of sp³-hybridized carbons (Fsp3) is 0.118. The molecule has 2 aromatic rings. The zero-order valence-corrected chi connectivity index (χ0v) is 14.0. The van der Waals surface area contributed by atoms with Crippen LogP contribution in [0.15, 0.2) is 66.2 Å². The molecule has 0 spiro atoms. The minimum Gasteiger partial charge on any atom is -0.460 e. The van der Waals surface area contributed by atoms with E-state index in [1.54, 1.807) is 24.3 Å². The van der Waals surface area contributed by atoms with Crippen molar-refractivity contribution in [2.45, 2.75) is 11.9 Å². The number of nitrogens with two attached hydrogens (primary N) is 1. The van der Waals surface area contributed by atoms with Gasteiger partial charge in [-0.3, -0.25) is 4.79 Å². The summed E-state index contributed by atoms with van der Waals surface area (Å²) in [4.78, 5) is 12.4. The van der Waals surface area contributed by atoms with E-state index in [4.69, 9.17) is 26.3 Å². The summed E-state index contributed by atoms with van der Waals surface area (Å²) in [7, 11) is 0. The van der Waals surface area contributed by atoms with E-state index in [2.05, 4.69) is 0 Å². The number of benzene rings is 2. The van der Waals surface area contributed by atoms with Crippen molar-refractivity contribution in [2.24, 2.45) is 5.73 Å². The van der Waals surface area contributed by atoms with Crippen molar-refractivity contribution < 1.29 is 17.9 Å². The Bertz CT molecular complexity index is 805. The van der Waals surface area contributed by atoms with Crippen LogP contribution in [0.4, 0.5) is 0 Å². The van der Waals surface area contributed by atoms with E-state index in [0.717, 1.165) is 5.56 Å². The van der Waals surface area contributed by atoms with Crippen molar-refractivity contribution in [2.75, 3.05) is 0 Å². The summed E-state index contributed by atoms with van der Waals surface area (Å²) in [5.41, 5.74) is 7.15. The van der Waals surface area contributed by atoms with Crippen LogP contribution in [-0.4, -0.2) is 9.99 Å². The van der Waals surface area contributed by atoms with Crippen LogP contribution in [0, 0.1) is 0 Å². The molecule has 2 N–H and O–H groups in total. The summed E-state index contributed by atoms with van der Waals surface area (Å²) in [6, 6.07) is 15.8. The van der Waals surface area contributed by atoms with Gasteiger partial charge in [-0.05, 0) is 17.7 Å². The second kappa shape index (κ2) is 7.07. The average molecular weight is 364 g/mol. The van der Waals surface area contributed by atoms with E-state index in [-0.39, 0.29) is 17.4 Å². The predicted octanol–water partition coefficient (Wildman–Crippen LogP) is 2.99. The number of carbonyl (C=O) groups excluding carboxylic acids is 1.